The summed E-state index contributed by atoms with van der Waals surface area (Å²) >= 11 is 0. The van der Waals surface area contributed by atoms with E-state index in [-0.39, 0.29) is 23.5 Å². The maximum Gasteiger partial charge on any atom is 0.257 e. The standard InChI is InChI=1S/C21H21FN4O2/c22-14-1-6-17-18(21(28)25-19(17)11-14)12-24-15-2-4-16(5-3-15)26-9-7-13(8-10-26)20(23)27/h1-6,11-13,24H,7-10H2,(H2,23,27)(H,25,28)/b18-12-. The zero-order chi connectivity index (χ0) is 19.7. The van der Waals surface area contributed by atoms with Gasteiger partial charge in [-0.3, -0.25) is 9.59 Å². The van der Waals surface area contributed by atoms with Crippen molar-refractivity contribution in [2.45, 2.75) is 12.8 Å². The summed E-state index contributed by atoms with van der Waals surface area (Å²) in [6.07, 6.45) is 3.18. The number of fused-ring (bicyclic) bond motifs is 1. The topological polar surface area (TPSA) is 87.5 Å². The van der Waals surface area contributed by atoms with Crippen LogP contribution in [0.4, 0.5) is 21.5 Å². The van der Waals surface area contributed by atoms with Crippen LogP contribution in [-0.2, 0) is 9.59 Å². The first-order chi connectivity index (χ1) is 13.5. The lowest BCUT2D eigenvalue weighted by Crippen LogP contribution is -2.38. The Kier molecular flexibility index (Phi) is 4.73. The second kappa shape index (κ2) is 7.34. The van der Waals surface area contributed by atoms with Crippen molar-refractivity contribution in [3.05, 3.63) is 60.0 Å². The van der Waals surface area contributed by atoms with Gasteiger partial charge in [-0.15, -0.1) is 0 Å². The Hall–Kier alpha value is -3.35. The number of amides is 2. The monoisotopic (exact) mass is 380 g/mol. The molecular formula is C21H21FN4O2. The van der Waals surface area contributed by atoms with Crippen molar-refractivity contribution >= 4 is 34.4 Å². The summed E-state index contributed by atoms with van der Waals surface area (Å²) in [5.74, 6) is -0.893. The highest BCUT2D eigenvalue weighted by Gasteiger charge is 2.25. The molecule has 4 rings (SSSR count). The molecule has 0 saturated carbocycles. The first kappa shape index (κ1) is 18.0. The maximum atomic E-state index is 13.3. The highest BCUT2D eigenvalue weighted by molar-refractivity contribution is 6.31. The van der Waals surface area contributed by atoms with Gasteiger partial charge >= 0.3 is 0 Å². The Bertz CT molecular complexity index is 947. The number of piperidine rings is 1. The molecule has 2 aromatic rings. The summed E-state index contributed by atoms with van der Waals surface area (Å²) in [5.41, 5.74) is 8.93. The summed E-state index contributed by atoms with van der Waals surface area (Å²) in [7, 11) is 0. The van der Waals surface area contributed by atoms with Gasteiger partial charge in [0.05, 0.1) is 11.3 Å². The zero-order valence-corrected chi connectivity index (χ0v) is 15.2. The Labute approximate surface area is 162 Å². The Morgan fingerprint density at radius 3 is 2.57 bits per heavy atom. The normalized spacial score (nSPS) is 18.1. The minimum Gasteiger partial charge on any atom is -0.371 e. The molecule has 0 unspecified atom stereocenters. The molecule has 7 heteroatoms. The van der Waals surface area contributed by atoms with Crippen molar-refractivity contribution in [3.8, 4) is 0 Å². The number of anilines is 3. The third kappa shape index (κ3) is 3.55. The second-order valence-electron chi connectivity index (χ2n) is 7.06. The van der Waals surface area contributed by atoms with Gasteiger partial charge in [-0.25, -0.2) is 4.39 Å². The fourth-order valence-corrected chi connectivity index (χ4v) is 3.66. The summed E-state index contributed by atoms with van der Waals surface area (Å²) in [4.78, 5) is 25.6. The van der Waals surface area contributed by atoms with E-state index in [1.165, 1.54) is 12.1 Å². The van der Waals surface area contributed by atoms with Gasteiger partial charge in [-0.05, 0) is 55.3 Å². The average molecular weight is 380 g/mol. The molecule has 0 atom stereocenters. The first-order valence-corrected chi connectivity index (χ1v) is 9.23. The van der Waals surface area contributed by atoms with Gasteiger partial charge in [0.2, 0.25) is 5.91 Å². The number of nitrogens with two attached hydrogens (primary N) is 1. The third-order valence-electron chi connectivity index (χ3n) is 5.28. The van der Waals surface area contributed by atoms with Crippen molar-refractivity contribution in [1.82, 2.24) is 0 Å². The van der Waals surface area contributed by atoms with Gasteiger partial charge in [0.1, 0.15) is 5.82 Å². The van der Waals surface area contributed by atoms with Crippen LogP contribution < -0.4 is 21.3 Å². The van der Waals surface area contributed by atoms with Crippen LogP contribution in [0.1, 0.15) is 18.4 Å². The smallest absolute Gasteiger partial charge is 0.257 e. The van der Waals surface area contributed by atoms with Crippen LogP contribution in [0.25, 0.3) is 5.57 Å². The molecule has 2 aliphatic heterocycles. The lowest BCUT2D eigenvalue weighted by atomic mass is 9.96. The number of primary amides is 1. The van der Waals surface area contributed by atoms with Gasteiger partial charge in [-0.1, -0.05) is 0 Å². The molecule has 4 N–H and O–H groups in total. The molecule has 2 aromatic carbocycles. The van der Waals surface area contributed by atoms with Crippen molar-refractivity contribution in [2.24, 2.45) is 11.7 Å². The number of benzene rings is 2. The molecule has 2 amide bonds. The Morgan fingerprint density at radius 2 is 1.89 bits per heavy atom. The van der Waals surface area contributed by atoms with Crippen LogP contribution in [0.3, 0.4) is 0 Å². The van der Waals surface area contributed by atoms with Crippen LogP contribution in [0.15, 0.2) is 48.7 Å². The van der Waals surface area contributed by atoms with E-state index < -0.39 is 0 Å². The number of hydrogen-bond donors (Lipinski definition) is 3. The van der Waals surface area contributed by atoms with E-state index >= 15 is 0 Å². The molecule has 2 heterocycles. The fraction of sp³-hybridized carbons (Fsp3) is 0.238. The molecule has 0 aliphatic carbocycles. The molecule has 0 radical (unpaired) electrons. The van der Waals surface area contributed by atoms with Gasteiger partial charge < -0.3 is 21.3 Å². The summed E-state index contributed by atoms with van der Waals surface area (Å²) < 4.78 is 13.3. The predicted molar refractivity (Wildman–Crippen MR) is 107 cm³/mol. The van der Waals surface area contributed by atoms with E-state index in [0.717, 1.165) is 37.3 Å². The number of nitrogens with one attached hydrogen (secondary N) is 2. The average Bonchev–Trinajstić information content (AvgIpc) is 3.01. The molecule has 1 fully saturated rings. The molecule has 0 bridgehead atoms. The van der Waals surface area contributed by atoms with E-state index in [0.29, 0.717) is 16.8 Å². The van der Waals surface area contributed by atoms with E-state index in [1.807, 2.05) is 24.3 Å². The van der Waals surface area contributed by atoms with Crippen molar-refractivity contribution < 1.29 is 14.0 Å². The highest BCUT2D eigenvalue weighted by atomic mass is 19.1. The maximum absolute atomic E-state index is 13.3. The number of rotatable bonds is 4. The van der Waals surface area contributed by atoms with Crippen LogP contribution in [0, 0.1) is 11.7 Å². The number of hydrogen-bond acceptors (Lipinski definition) is 4. The molecule has 1 saturated heterocycles. The van der Waals surface area contributed by atoms with Crippen LogP contribution in [0.2, 0.25) is 0 Å². The van der Waals surface area contributed by atoms with Gasteiger partial charge in [-0.2, -0.15) is 0 Å². The number of carbonyl (C=O) groups excluding carboxylic acids is 2. The molecule has 28 heavy (non-hydrogen) atoms. The molecule has 6 nitrogen and oxygen atoms in total. The van der Waals surface area contributed by atoms with E-state index in [1.54, 1.807) is 12.3 Å². The third-order valence-corrected chi connectivity index (χ3v) is 5.28. The second-order valence-corrected chi connectivity index (χ2v) is 7.06. The van der Waals surface area contributed by atoms with Crippen LogP contribution in [0.5, 0.6) is 0 Å². The molecule has 2 aliphatic rings. The van der Waals surface area contributed by atoms with Gasteiger partial charge in [0.15, 0.2) is 0 Å². The number of halogens is 1. The Balaban J connectivity index is 1.43. The number of carbonyl (C=O) groups is 2. The Morgan fingerprint density at radius 1 is 1.18 bits per heavy atom. The predicted octanol–water partition coefficient (Wildman–Crippen LogP) is 2.93. The largest absolute Gasteiger partial charge is 0.371 e. The van der Waals surface area contributed by atoms with Crippen LogP contribution >= 0.6 is 0 Å². The number of nitrogens with zero attached hydrogens (tertiary/aromatic N) is 1. The van der Waals surface area contributed by atoms with E-state index in [4.69, 9.17) is 5.73 Å². The summed E-state index contributed by atoms with van der Waals surface area (Å²) in [6.45, 7) is 1.61. The summed E-state index contributed by atoms with van der Waals surface area (Å²) in [6, 6.07) is 12.1. The lowest BCUT2D eigenvalue weighted by molar-refractivity contribution is -0.122. The fourth-order valence-electron chi connectivity index (χ4n) is 3.66. The molecular weight excluding hydrogens is 359 g/mol. The quantitative estimate of drug-likeness (QED) is 0.712. The van der Waals surface area contributed by atoms with Crippen molar-refractivity contribution in [2.75, 3.05) is 28.6 Å². The molecule has 0 aromatic heterocycles. The van der Waals surface area contributed by atoms with Crippen LogP contribution in [-0.4, -0.2) is 24.9 Å². The summed E-state index contributed by atoms with van der Waals surface area (Å²) in [5, 5.41) is 5.79. The van der Waals surface area contributed by atoms with E-state index in [9.17, 15) is 14.0 Å². The van der Waals surface area contributed by atoms with Crippen molar-refractivity contribution in [1.29, 1.82) is 0 Å². The lowest BCUT2D eigenvalue weighted by Gasteiger charge is -2.32. The first-order valence-electron chi connectivity index (χ1n) is 9.23. The minimum absolute atomic E-state index is 0.0299. The van der Waals surface area contributed by atoms with Gasteiger partial charge in [0.25, 0.3) is 5.91 Å². The molecule has 144 valence electrons. The molecule has 0 spiro atoms. The zero-order valence-electron chi connectivity index (χ0n) is 15.2. The van der Waals surface area contributed by atoms with Gasteiger partial charge in [0, 0.05) is 42.1 Å². The van der Waals surface area contributed by atoms with Crippen molar-refractivity contribution in [3.63, 3.8) is 0 Å². The SMILES string of the molecule is NC(=O)C1CCN(c2ccc(N/C=C3\C(=O)Nc4cc(F)ccc43)cc2)CC1. The van der Waals surface area contributed by atoms with E-state index in [2.05, 4.69) is 15.5 Å². The highest BCUT2D eigenvalue weighted by Crippen LogP contribution is 2.32. The minimum atomic E-state index is -0.385.